The molecule has 0 bridgehead atoms. The summed E-state index contributed by atoms with van der Waals surface area (Å²) >= 11 is 1.40. The van der Waals surface area contributed by atoms with E-state index in [1.807, 2.05) is 0 Å². The molecule has 2 amide bonds. The van der Waals surface area contributed by atoms with E-state index >= 15 is 0 Å². The lowest BCUT2D eigenvalue weighted by molar-refractivity contribution is 0.101. The number of nitrogens with zero attached hydrogens (tertiary/aromatic N) is 1. The first kappa shape index (κ1) is 18.8. The second-order valence-corrected chi connectivity index (χ2v) is 7.18. The predicted molar refractivity (Wildman–Crippen MR) is 110 cm³/mol. The molecule has 2 aromatic carbocycles. The minimum absolute atomic E-state index is 0.249. The number of aromatic nitrogens is 1. The number of benzene rings is 2. The summed E-state index contributed by atoms with van der Waals surface area (Å²) in [6, 6.07) is 13.7. The number of carbonyl (C=O) groups is 2. The Balaban J connectivity index is 1.59. The summed E-state index contributed by atoms with van der Waals surface area (Å²) in [5, 5.41) is 6.40. The van der Waals surface area contributed by atoms with Gasteiger partial charge in [-0.1, -0.05) is 11.8 Å². The number of fused-ring (bicyclic) bond motifs is 2. The molecule has 0 saturated heterocycles. The Hall–Kier alpha value is -3.52. The summed E-state index contributed by atoms with van der Waals surface area (Å²) in [5.74, 6) is 0.429. The lowest BCUT2D eigenvalue weighted by Gasteiger charge is -2.11. The van der Waals surface area contributed by atoms with Gasteiger partial charge in [0.25, 0.3) is 11.8 Å². The van der Waals surface area contributed by atoms with Crippen molar-refractivity contribution in [1.29, 1.82) is 0 Å². The molecule has 0 saturated carbocycles. The van der Waals surface area contributed by atoms with Gasteiger partial charge < -0.3 is 20.1 Å². The van der Waals surface area contributed by atoms with Gasteiger partial charge in [-0.05, 0) is 48.5 Å². The fourth-order valence-corrected chi connectivity index (χ4v) is 3.86. The molecule has 0 fully saturated rings. The number of ether oxygens (including phenoxy) is 2. The second-order valence-electron chi connectivity index (χ2n) is 6.15. The van der Waals surface area contributed by atoms with Crippen LogP contribution >= 0.6 is 11.8 Å². The SMILES string of the molecule is COc1ccc(C(=O)Nc2ccc3c(c2)C(=O)Nc2cccnc2S3)cc1OC. The van der Waals surface area contributed by atoms with E-state index in [-0.39, 0.29) is 11.8 Å². The van der Waals surface area contributed by atoms with Crippen molar-refractivity contribution < 1.29 is 19.1 Å². The molecule has 7 nitrogen and oxygen atoms in total. The van der Waals surface area contributed by atoms with Crippen LogP contribution in [0.5, 0.6) is 11.5 Å². The molecule has 0 spiro atoms. The zero-order valence-corrected chi connectivity index (χ0v) is 16.5. The number of anilines is 2. The number of hydrogen-bond acceptors (Lipinski definition) is 6. The molecule has 0 radical (unpaired) electrons. The first-order valence-corrected chi connectivity index (χ1v) is 9.52. The van der Waals surface area contributed by atoms with Gasteiger partial charge in [-0.15, -0.1) is 0 Å². The van der Waals surface area contributed by atoms with Crippen LogP contribution in [0.15, 0.2) is 64.6 Å². The maximum absolute atomic E-state index is 12.7. The van der Waals surface area contributed by atoms with E-state index in [9.17, 15) is 9.59 Å². The van der Waals surface area contributed by atoms with Crippen molar-refractivity contribution in [2.45, 2.75) is 9.92 Å². The van der Waals surface area contributed by atoms with Crippen LogP contribution in [0.1, 0.15) is 20.7 Å². The number of pyridine rings is 1. The highest BCUT2D eigenvalue weighted by Crippen LogP contribution is 2.38. The number of carbonyl (C=O) groups excluding carboxylic acids is 2. The third-order valence-electron chi connectivity index (χ3n) is 4.35. The Labute approximate surface area is 171 Å². The highest BCUT2D eigenvalue weighted by atomic mass is 32.2. The average molecular weight is 407 g/mol. The van der Waals surface area contributed by atoms with E-state index in [4.69, 9.17) is 9.47 Å². The highest BCUT2D eigenvalue weighted by Gasteiger charge is 2.21. The maximum Gasteiger partial charge on any atom is 0.256 e. The Morgan fingerprint density at radius 2 is 1.90 bits per heavy atom. The summed E-state index contributed by atoms with van der Waals surface area (Å²) in [6.45, 7) is 0. The first-order valence-electron chi connectivity index (χ1n) is 8.70. The molecule has 0 atom stereocenters. The van der Waals surface area contributed by atoms with Crippen LogP contribution in [0.3, 0.4) is 0 Å². The Morgan fingerprint density at radius 1 is 1.07 bits per heavy atom. The molecule has 2 N–H and O–H groups in total. The topological polar surface area (TPSA) is 89.5 Å². The lowest BCUT2D eigenvalue weighted by Crippen LogP contribution is -2.15. The third kappa shape index (κ3) is 3.74. The van der Waals surface area contributed by atoms with Crippen LogP contribution in [0.2, 0.25) is 0 Å². The molecule has 4 rings (SSSR count). The number of nitrogens with one attached hydrogen (secondary N) is 2. The van der Waals surface area contributed by atoms with Crippen LogP contribution in [0.25, 0.3) is 0 Å². The molecule has 8 heteroatoms. The molecule has 29 heavy (non-hydrogen) atoms. The van der Waals surface area contributed by atoms with Crippen LogP contribution in [0.4, 0.5) is 11.4 Å². The zero-order chi connectivity index (χ0) is 20.4. The molecule has 146 valence electrons. The second kappa shape index (κ2) is 7.84. The molecule has 1 aliphatic heterocycles. The van der Waals surface area contributed by atoms with E-state index in [1.54, 1.807) is 54.7 Å². The number of amides is 2. The monoisotopic (exact) mass is 407 g/mol. The predicted octanol–water partition coefficient (Wildman–Crippen LogP) is 4.07. The van der Waals surface area contributed by atoms with E-state index in [0.717, 1.165) is 9.92 Å². The lowest BCUT2D eigenvalue weighted by atomic mass is 10.1. The molecule has 2 heterocycles. The van der Waals surface area contributed by atoms with Gasteiger partial charge in [-0.25, -0.2) is 4.98 Å². The summed E-state index contributed by atoms with van der Waals surface area (Å²) < 4.78 is 10.4. The number of methoxy groups -OCH3 is 2. The molecular formula is C21H17N3O4S. The summed E-state index contributed by atoms with van der Waals surface area (Å²) in [7, 11) is 3.04. The van der Waals surface area contributed by atoms with Gasteiger partial charge in [0.05, 0.1) is 25.5 Å². The van der Waals surface area contributed by atoms with E-state index < -0.39 is 0 Å². The zero-order valence-electron chi connectivity index (χ0n) is 15.7. The van der Waals surface area contributed by atoms with Crippen LogP contribution in [0, 0.1) is 0 Å². The standard InChI is InChI=1S/C21H17N3O4S/c1-27-16-7-5-12(10-17(16)28-2)19(25)23-13-6-8-18-14(11-13)20(26)24-15-4-3-9-22-21(15)29-18/h3-11H,1-2H3,(H,23,25)(H,24,26). The minimum atomic E-state index is -0.322. The smallest absolute Gasteiger partial charge is 0.256 e. The molecule has 0 aliphatic carbocycles. The van der Waals surface area contributed by atoms with Gasteiger partial charge in [0, 0.05) is 22.3 Å². The molecule has 3 aromatic rings. The third-order valence-corrected chi connectivity index (χ3v) is 5.45. The van der Waals surface area contributed by atoms with Gasteiger partial charge in [0.2, 0.25) is 0 Å². The van der Waals surface area contributed by atoms with Crippen LogP contribution < -0.4 is 20.1 Å². The van der Waals surface area contributed by atoms with Crippen LogP contribution in [-0.2, 0) is 0 Å². The quantitative estimate of drug-likeness (QED) is 0.678. The van der Waals surface area contributed by atoms with E-state index in [2.05, 4.69) is 15.6 Å². The molecule has 1 aliphatic rings. The van der Waals surface area contributed by atoms with Gasteiger partial charge in [-0.2, -0.15) is 0 Å². The van der Waals surface area contributed by atoms with Crippen LogP contribution in [-0.4, -0.2) is 31.0 Å². The fraction of sp³-hybridized carbons (Fsp3) is 0.0952. The minimum Gasteiger partial charge on any atom is -0.493 e. The number of rotatable bonds is 4. The summed E-state index contributed by atoms with van der Waals surface area (Å²) in [4.78, 5) is 30.4. The maximum atomic E-state index is 12.7. The summed E-state index contributed by atoms with van der Waals surface area (Å²) in [6.07, 6.45) is 1.68. The average Bonchev–Trinajstić information content (AvgIpc) is 2.88. The van der Waals surface area contributed by atoms with Crippen molar-refractivity contribution in [3.63, 3.8) is 0 Å². The van der Waals surface area contributed by atoms with Crippen molar-refractivity contribution in [2.75, 3.05) is 24.9 Å². The molecule has 0 unspecified atom stereocenters. The summed E-state index contributed by atoms with van der Waals surface area (Å²) in [5.41, 5.74) is 2.05. The number of hydrogen-bond donors (Lipinski definition) is 2. The largest absolute Gasteiger partial charge is 0.493 e. The normalized spacial score (nSPS) is 12.1. The van der Waals surface area contributed by atoms with Gasteiger partial charge in [0.15, 0.2) is 11.5 Å². The Bertz CT molecular complexity index is 1120. The van der Waals surface area contributed by atoms with E-state index in [0.29, 0.717) is 34.0 Å². The fourth-order valence-electron chi connectivity index (χ4n) is 2.92. The van der Waals surface area contributed by atoms with Crippen molar-refractivity contribution in [3.8, 4) is 11.5 Å². The van der Waals surface area contributed by atoms with Gasteiger partial charge in [0.1, 0.15) is 5.03 Å². The van der Waals surface area contributed by atoms with Crippen molar-refractivity contribution in [1.82, 2.24) is 4.98 Å². The van der Waals surface area contributed by atoms with Crippen molar-refractivity contribution >= 4 is 35.0 Å². The van der Waals surface area contributed by atoms with E-state index in [1.165, 1.54) is 26.0 Å². The molecular weight excluding hydrogens is 390 g/mol. The van der Waals surface area contributed by atoms with Gasteiger partial charge >= 0.3 is 0 Å². The Morgan fingerprint density at radius 3 is 2.69 bits per heavy atom. The van der Waals surface area contributed by atoms with Gasteiger partial charge in [-0.3, -0.25) is 9.59 Å². The van der Waals surface area contributed by atoms with Crippen molar-refractivity contribution in [3.05, 3.63) is 65.9 Å². The first-order chi connectivity index (χ1) is 14.1. The molecule has 1 aromatic heterocycles. The Kier molecular flexibility index (Phi) is 5.09. The highest BCUT2D eigenvalue weighted by molar-refractivity contribution is 7.99. The van der Waals surface area contributed by atoms with Crippen molar-refractivity contribution in [2.24, 2.45) is 0 Å².